The molecular weight excluding hydrogens is 326 g/mol. The van der Waals surface area contributed by atoms with E-state index in [2.05, 4.69) is 17.0 Å². The van der Waals surface area contributed by atoms with Crippen molar-refractivity contribution in [3.8, 4) is 0 Å². The number of hydrogen-bond donors (Lipinski definition) is 0. The van der Waals surface area contributed by atoms with Crippen molar-refractivity contribution < 1.29 is 9.53 Å². The summed E-state index contributed by atoms with van der Waals surface area (Å²) in [5, 5.41) is 5.12. The summed E-state index contributed by atoms with van der Waals surface area (Å²) in [6, 6.07) is 8.52. The number of aryl methyl sites for hydroxylation is 2. The van der Waals surface area contributed by atoms with Crippen LogP contribution in [0.5, 0.6) is 0 Å². The van der Waals surface area contributed by atoms with Gasteiger partial charge in [0, 0.05) is 12.5 Å². The quantitative estimate of drug-likeness (QED) is 0.666. The third-order valence-corrected chi connectivity index (χ3v) is 4.38. The fraction of sp³-hybridized carbons (Fsp3) is 0.294. The van der Waals surface area contributed by atoms with Crippen LogP contribution in [-0.2, 0) is 17.8 Å². The zero-order valence-electron chi connectivity index (χ0n) is 13.5. The van der Waals surface area contributed by atoms with Crippen LogP contribution in [0.4, 0.5) is 0 Å². The van der Waals surface area contributed by atoms with Gasteiger partial charge in [0.25, 0.3) is 5.56 Å². The smallest absolute Gasteiger partial charge is 0.338 e. The van der Waals surface area contributed by atoms with E-state index in [1.54, 1.807) is 18.2 Å². The van der Waals surface area contributed by atoms with Gasteiger partial charge in [0.15, 0.2) is 0 Å². The number of aromatic nitrogens is 3. The maximum atomic E-state index is 12.1. The van der Waals surface area contributed by atoms with Crippen LogP contribution in [0.1, 0.15) is 40.0 Å². The summed E-state index contributed by atoms with van der Waals surface area (Å²) in [5.74, 6) is -0.434. The van der Waals surface area contributed by atoms with E-state index in [0.29, 0.717) is 16.2 Å². The minimum atomic E-state index is -0.434. The summed E-state index contributed by atoms with van der Waals surface area (Å²) >= 11 is 1.38. The predicted molar refractivity (Wildman–Crippen MR) is 91.4 cm³/mol. The number of benzene rings is 1. The number of esters is 1. The fourth-order valence-corrected chi connectivity index (χ4v) is 3.30. The first-order chi connectivity index (χ1) is 11.6. The third kappa shape index (κ3) is 3.51. The maximum absolute atomic E-state index is 12.1. The molecule has 0 N–H and O–H groups in total. The Labute approximate surface area is 142 Å². The molecule has 0 bridgehead atoms. The minimum Gasteiger partial charge on any atom is -0.456 e. The highest BCUT2D eigenvalue weighted by Crippen LogP contribution is 2.14. The van der Waals surface area contributed by atoms with Gasteiger partial charge in [0.2, 0.25) is 4.96 Å². The van der Waals surface area contributed by atoms with E-state index in [1.165, 1.54) is 21.9 Å². The molecular formula is C17H17N3O3S. The molecule has 0 aliphatic heterocycles. The first-order valence-electron chi connectivity index (χ1n) is 7.69. The van der Waals surface area contributed by atoms with Gasteiger partial charge >= 0.3 is 5.97 Å². The highest BCUT2D eigenvalue weighted by atomic mass is 32.1. The first-order valence-corrected chi connectivity index (χ1v) is 8.51. The normalized spacial score (nSPS) is 10.9. The van der Waals surface area contributed by atoms with Gasteiger partial charge in [-0.2, -0.15) is 9.61 Å². The van der Waals surface area contributed by atoms with E-state index in [-0.39, 0.29) is 12.2 Å². The molecule has 0 radical (unpaired) electrons. The van der Waals surface area contributed by atoms with Crippen molar-refractivity contribution in [1.29, 1.82) is 0 Å². The largest absolute Gasteiger partial charge is 0.456 e. The molecule has 0 fully saturated rings. The van der Waals surface area contributed by atoms with Crippen LogP contribution in [0.2, 0.25) is 0 Å². The number of fused-ring (bicyclic) bond motifs is 1. The lowest BCUT2D eigenvalue weighted by Crippen LogP contribution is -2.16. The van der Waals surface area contributed by atoms with Gasteiger partial charge < -0.3 is 4.74 Å². The number of nitrogens with zero attached hydrogens (tertiary/aromatic N) is 3. The minimum absolute atomic E-state index is 0.0421. The predicted octanol–water partition coefficient (Wildman–Crippen LogP) is 2.77. The molecule has 2 aromatic heterocycles. The summed E-state index contributed by atoms with van der Waals surface area (Å²) in [4.78, 5) is 29.1. The summed E-state index contributed by atoms with van der Waals surface area (Å²) in [6.45, 7) is 3.92. The van der Waals surface area contributed by atoms with Crippen LogP contribution >= 0.6 is 11.3 Å². The molecule has 0 saturated heterocycles. The zero-order valence-corrected chi connectivity index (χ0v) is 14.3. The van der Waals surface area contributed by atoms with Crippen molar-refractivity contribution in [2.24, 2.45) is 0 Å². The van der Waals surface area contributed by atoms with Crippen molar-refractivity contribution in [3.63, 3.8) is 0 Å². The molecule has 0 saturated carbocycles. The second-order valence-electron chi connectivity index (χ2n) is 5.47. The van der Waals surface area contributed by atoms with Gasteiger partial charge in [0.05, 0.1) is 11.3 Å². The Bertz CT molecular complexity index is 946. The third-order valence-electron chi connectivity index (χ3n) is 3.41. The van der Waals surface area contributed by atoms with Crippen molar-refractivity contribution in [1.82, 2.24) is 14.6 Å². The first kappa shape index (κ1) is 16.3. The Hall–Kier alpha value is -2.54. The maximum Gasteiger partial charge on any atom is 0.338 e. The van der Waals surface area contributed by atoms with Crippen molar-refractivity contribution >= 4 is 22.3 Å². The molecule has 3 aromatic rings. The van der Waals surface area contributed by atoms with E-state index in [4.69, 9.17) is 4.74 Å². The summed E-state index contributed by atoms with van der Waals surface area (Å²) in [5.41, 5.74) is 1.62. The Morgan fingerprint density at radius 3 is 2.92 bits per heavy atom. The van der Waals surface area contributed by atoms with Crippen LogP contribution in [0.15, 0.2) is 35.1 Å². The monoisotopic (exact) mass is 343 g/mol. The van der Waals surface area contributed by atoms with Gasteiger partial charge in [-0.05, 0) is 25.5 Å². The lowest BCUT2D eigenvalue weighted by atomic mass is 10.1. The molecule has 124 valence electrons. The molecule has 0 aliphatic rings. The van der Waals surface area contributed by atoms with E-state index in [0.717, 1.165) is 23.4 Å². The van der Waals surface area contributed by atoms with E-state index >= 15 is 0 Å². The summed E-state index contributed by atoms with van der Waals surface area (Å²) < 4.78 is 6.56. The van der Waals surface area contributed by atoms with E-state index < -0.39 is 5.97 Å². The Morgan fingerprint density at radius 1 is 1.33 bits per heavy atom. The number of carbonyl (C=O) groups excluding carboxylic acids is 1. The molecule has 24 heavy (non-hydrogen) atoms. The molecule has 0 amide bonds. The average molecular weight is 343 g/mol. The van der Waals surface area contributed by atoms with Crippen molar-refractivity contribution in [2.45, 2.75) is 33.3 Å². The number of carbonyl (C=O) groups is 1. The highest BCUT2D eigenvalue weighted by Gasteiger charge is 2.11. The molecule has 1 aromatic carbocycles. The number of ether oxygens (including phenoxy) is 1. The topological polar surface area (TPSA) is 73.6 Å². The number of hydrogen-bond acceptors (Lipinski definition) is 6. The number of rotatable bonds is 5. The van der Waals surface area contributed by atoms with Gasteiger partial charge in [-0.25, -0.2) is 9.78 Å². The molecule has 6 nitrogen and oxygen atoms in total. The van der Waals surface area contributed by atoms with Gasteiger partial charge in [-0.3, -0.25) is 4.79 Å². The molecule has 0 unspecified atom stereocenters. The SMILES string of the molecule is CCCc1nn2c(=O)cc(COC(=O)c3cccc(C)c3)nc2s1. The second-order valence-corrected chi connectivity index (χ2v) is 6.51. The zero-order chi connectivity index (χ0) is 17.1. The Balaban J connectivity index is 1.77. The average Bonchev–Trinajstić information content (AvgIpc) is 2.96. The Kier molecular flexibility index (Phi) is 4.71. The van der Waals surface area contributed by atoms with Crippen LogP contribution in [-0.4, -0.2) is 20.6 Å². The lowest BCUT2D eigenvalue weighted by Gasteiger charge is -2.05. The summed E-state index contributed by atoms with van der Waals surface area (Å²) in [6.07, 6.45) is 1.76. The van der Waals surface area contributed by atoms with E-state index in [9.17, 15) is 9.59 Å². The summed E-state index contributed by atoms with van der Waals surface area (Å²) in [7, 11) is 0. The molecule has 0 aliphatic carbocycles. The highest BCUT2D eigenvalue weighted by molar-refractivity contribution is 7.16. The molecule has 3 rings (SSSR count). The van der Waals surface area contributed by atoms with E-state index in [1.807, 2.05) is 13.0 Å². The van der Waals surface area contributed by atoms with Crippen LogP contribution in [0, 0.1) is 6.92 Å². The van der Waals surface area contributed by atoms with Crippen LogP contribution < -0.4 is 5.56 Å². The molecule has 2 heterocycles. The van der Waals surface area contributed by atoms with Gasteiger partial charge in [-0.15, -0.1) is 0 Å². The second kappa shape index (κ2) is 6.92. The van der Waals surface area contributed by atoms with Gasteiger partial charge in [0.1, 0.15) is 11.6 Å². The van der Waals surface area contributed by atoms with Crippen LogP contribution in [0.3, 0.4) is 0 Å². The molecule has 0 atom stereocenters. The molecule has 0 spiro atoms. The van der Waals surface area contributed by atoms with Crippen LogP contribution in [0.25, 0.3) is 4.96 Å². The molecule has 7 heteroatoms. The standard InChI is InChI=1S/C17H17N3O3S/c1-3-5-14-19-20-15(21)9-13(18-17(20)24-14)10-23-16(22)12-7-4-6-11(2)8-12/h4,6-9H,3,5,10H2,1-2H3. The van der Waals surface area contributed by atoms with Crippen molar-refractivity contribution in [3.05, 3.63) is 62.5 Å². The van der Waals surface area contributed by atoms with Crippen molar-refractivity contribution in [2.75, 3.05) is 0 Å². The fourth-order valence-electron chi connectivity index (χ4n) is 2.28. The van der Waals surface area contributed by atoms with Gasteiger partial charge in [-0.1, -0.05) is 36.0 Å². The Morgan fingerprint density at radius 2 is 2.17 bits per heavy atom. The lowest BCUT2D eigenvalue weighted by molar-refractivity contribution is 0.0467.